The Labute approximate surface area is 172 Å². The van der Waals surface area contributed by atoms with E-state index in [1.165, 1.54) is 57.8 Å². The van der Waals surface area contributed by atoms with Crippen molar-refractivity contribution in [3.8, 4) is 0 Å². The molecule has 1 atom stereocenters. The molecule has 2 amide bonds. The Morgan fingerprint density at radius 1 is 0.821 bits per heavy atom. The topological polar surface area (TPSA) is 58.6 Å². The van der Waals surface area contributed by atoms with Crippen molar-refractivity contribution >= 4 is 12.0 Å². The molecule has 0 radical (unpaired) electrons. The number of hydrogen-bond donors (Lipinski definition) is 1. The molecule has 1 saturated carbocycles. The monoisotopic (exact) mass is 394 g/mol. The predicted octanol–water partition coefficient (Wildman–Crippen LogP) is 5.42. The van der Waals surface area contributed by atoms with Gasteiger partial charge in [0, 0.05) is 19.1 Å². The van der Waals surface area contributed by atoms with Gasteiger partial charge in [-0.2, -0.15) is 0 Å². The summed E-state index contributed by atoms with van der Waals surface area (Å²) in [5, 5.41) is 3.33. The minimum atomic E-state index is -0.500. The van der Waals surface area contributed by atoms with Gasteiger partial charge in [0.05, 0.1) is 5.92 Å². The number of likely N-dealkylation sites (tertiary alicyclic amines) is 1. The SMILES string of the molecule is CC(C)(C)OC(=O)N1CCCC(C(=O)NC2CCCCCCCCCCC2)C1. The largest absolute Gasteiger partial charge is 0.444 e. The average molecular weight is 395 g/mol. The molecule has 5 nitrogen and oxygen atoms in total. The lowest BCUT2D eigenvalue weighted by Crippen LogP contribution is -2.48. The van der Waals surface area contributed by atoms with E-state index in [9.17, 15) is 9.59 Å². The highest BCUT2D eigenvalue weighted by Crippen LogP contribution is 2.21. The first-order valence-corrected chi connectivity index (χ1v) is 11.6. The van der Waals surface area contributed by atoms with Crippen LogP contribution in [0.4, 0.5) is 4.79 Å². The van der Waals surface area contributed by atoms with Crippen molar-refractivity contribution in [2.45, 2.75) is 116 Å². The Morgan fingerprint density at radius 2 is 1.36 bits per heavy atom. The van der Waals surface area contributed by atoms with Crippen LogP contribution in [0.1, 0.15) is 104 Å². The molecule has 0 spiro atoms. The smallest absolute Gasteiger partial charge is 0.410 e. The highest BCUT2D eigenvalue weighted by molar-refractivity contribution is 5.80. The third-order valence-electron chi connectivity index (χ3n) is 5.90. The van der Waals surface area contributed by atoms with Crippen LogP contribution >= 0.6 is 0 Å². The highest BCUT2D eigenvalue weighted by atomic mass is 16.6. The van der Waals surface area contributed by atoms with Crippen LogP contribution in [-0.4, -0.2) is 41.6 Å². The lowest BCUT2D eigenvalue weighted by atomic mass is 9.95. The minimum Gasteiger partial charge on any atom is -0.444 e. The second kappa shape index (κ2) is 11.7. The maximum atomic E-state index is 12.9. The first-order chi connectivity index (χ1) is 13.3. The number of rotatable bonds is 2. The van der Waals surface area contributed by atoms with Crippen molar-refractivity contribution in [1.29, 1.82) is 0 Å². The summed E-state index contributed by atoms with van der Waals surface area (Å²) in [6.45, 7) is 6.80. The molecule has 5 heteroatoms. The van der Waals surface area contributed by atoms with E-state index in [4.69, 9.17) is 4.74 Å². The third kappa shape index (κ3) is 8.83. The molecular formula is C23H42N2O3. The van der Waals surface area contributed by atoms with Crippen LogP contribution < -0.4 is 5.32 Å². The maximum absolute atomic E-state index is 12.9. The molecule has 2 rings (SSSR count). The van der Waals surface area contributed by atoms with Gasteiger partial charge in [-0.25, -0.2) is 4.79 Å². The second-order valence-corrected chi connectivity index (χ2v) is 9.73. The molecule has 1 aliphatic heterocycles. The van der Waals surface area contributed by atoms with Crippen molar-refractivity contribution in [2.75, 3.05) is 13.1 Å². The van der Waals surface area contributed by atoms with E-state index in [-0.39, 0.29) is 17.9 Å². The van der Waals surface area contributed by atoms with Crippen LogP contribution in [0, 0.1) is 5.92 Å². The maximum Gasteiger partial charge on any atom is 0.410 e. The Hall–Kier alpha value is -1.26. The molecule has 0 aromatic heterocycles. The van der Waals surface area contributed by atoms with Gasteiger partial charge < -0.3 is 15.0 Å². The summed E-state index contributed by atoms with van der Waals surface area (Å²) in [6.07, 6.45) is 15.3. The number of carbonyl (C=O) groups is 2. The van der Waals surface area contributed by atoms with E-state index in [1.54, 1.807) is 4.90 Å². The van der Waals surface area contributed by atoms with E-state index in [0.29, 0.717) is 19.1 Å². The molecule has 2 fully saturated rings. The highest BCUT2D eigenvalue weighted by Gasteiger charge is 2.31. The zero-order valence-corrected chi connectivity index (χ0v) is 18.4. The van der Waals surface area contributed by atoms with Crippen molar-refractivity contribution < 1.29 is 14.3 Å². The summed E-state index contributed by atoms with van der Waals surface area (Å²) in [6, 6.07) is 0.295. The van der Waals surface area contributed by atoms with Gasteiger partial charge in [0.2, 0.25) is 5.91 Å². The predicted molar refractivity (Wildman–Crippen MR) is 113 cm³/mol. The van der Waals surface area contributed by atoms with Gasteiger partial charge in [-0.1, -0.05) is 57.8 Å². The van der Waals surface area contributed by atoms with Crippen LogP contribution in [-0.2, 0) is 9.53 Å². The normalized spacial score (nSPS) is 24.0. The summed E-state index contributed by atoms with van der Waals surface area (Å²) < 4.78 is 5.49. The van der Waals surface area contributed by atoms with Crippen LogP contribution in [0.25, 0.3) is 0 Å². The fourth-order valence-corrected chi connectivity index (χ4v) is 4.31. The van der Waals surface area contributed by atoms with E-state index in [0.717, 1.165) is 25.7 Å². The fraction of sp³-hybridized carbons (Fsp3) is 0.913. The zero-order chi connectivity index (χ0) is 20.4. The van der Waals surface area contributed by atoms with Crippen LogP contribution in [0.5, 0.6) is 0 Å². The second-order valence-electron chi connectivity index (χ2n) is 9.73. The molecule has 0 bridgehead atoms. The summed E-state index contributed by atoms with van der Waals surface area (Å²) in [7, 11) is 0. The number of piperidine rings is 1. The van der Waals surface area contributed by atoms with Gasteiger partial charge in [0.1, 0.15) is 5.60 Å². The molecular weight excluding hydrogens is 352 g/mol. The van der Waals surface area contributed by atoms with E-state index < -0.39 is 5.60 Å². The van der Waals surface area contributed by atoms with Gasteiger partial charge in [0.25, 0.3) is 0 Å². The first-order valence-electron chi connectivity index (χ1n) is 11.6. The quantitative estimate of drug-likeness (QED) is 0.680. The van der Waals surface area contributed by atoms with Crippen molar-refractivity contribution in [3.63, 3.8) is 0 Å². The molecule has 0 aromatic rings. The molecule has 1 unspecified atom stereocenters. The summed E-state index contributed by atoms with van der Waals surface area (Å²) in [5.41, 5.74) is -0.500. The van der Waals surface area contributed by atoms with E-state index in [1.807, 2.05) is 20.8 Å². The van der Waals surface area contributed by atoms with Gasteiger partial charge >= 0.3 is 6.09 Å². The molecule has 162 valence electrons. The number of amides is 2. The molecule has 1 aliphatic carbocycles. The summed E-state index contributed by atoms with van der Waals surface area (Å²) in [4.78, 5) is 27.0. The van der Waals surface area contributed by atoms with Crippen LogP contribution in [0.15, 0.2) is 0 Å². The Balaban J connectivity index is 1.83. The molecule has 0 aromatic carbocycles. The average Bonchev–Trinajstić information content (AvgIpc) is 2.62. The first kappa shape index (κ1) is 23.0. The minimum absolute atomic E-state index is 0.109. The van der Waals surface area contributed by atoms with E-state index in [2.05, 4.69) is 5.32 Å². The van der Waals surface area contributed by atoms with E-state index >= 15 is 0 Å². The molecule has 28 heavy (non-hydrogen) atoms. The Morgan fingerprint density at radius 3 is 1.89 bits per heavy atom. The lowest BCUT2D eigenvalue weighted by Gasteiger charge is -2.34. The number of carbonyl (C=O) groups excluding carboxylic acids is 2. The number of ether oxygens (including phenoxy) is 1. The standard InChI is InChI=1S/C23H42N2O3/c1-23(2,3)28-22(27)25-17-13-14-19(18-25)21(26)24-20-15-11-9-7-5-4-6-8-10-12-16-20/h19-20H,4-18H2,1-3H3,(H,24,26). The number of nitrogens with one attached hydrogen (secondary N) is 1. The van der Waals surface area contributed by atoms with Crippen LogP contribution in [0.2, 0.25) is 0 Å². The van der Waals surface area contributed by atoms with Gasteiger partial charge in [-0.05, 0) is 46.5 Å². The van der Waals surface area contributed by atoms with Gasteiger partial charge in [0.15, 0.2) is 0 Å². The molecule has 1 saturated heterocycles. The molecule has 1 N–H and O–H groups in total. The van der Waals surface area contributed by atoms with Gasteiger partial charge in [-0.3, -0.25) is 4.79 Å². The summed E-state index contributed by atoms with van der Waals surface area (Å²) >= 11 is 0. The van der Waals surface area contributed by atoms with Gasteiger partial charge in [-0.15, -0.1) is 0 Å². The number of hydrogen-bond acceptors (Lipinski definition) is 3. The van der Waals surface area contributed by atoms with Crippen molar-refractivity contribution in [2.24, 2.45) is 5.92 Å². The Kier molecular flexibility index (Phi) is 9.60. The molecule has 1 heterocycles. The summed E-state index contributed by atoms with van der Waals surface area (Å²) in [5.74, 6) is 0.0213. The molecule has 2 aliphatic rings. The number of nitrogens with zero attached hydrogens (tertiary/aromatic N) is 1. The Bertz CT molecular complexity index is 475. The zero-order valence-electron chi connectivity index (χ0n) is 18.4. The third-order valence-corrected chi connectivity index (χ3v) is 5.90. The fourth-order valence-electron chi connectivity index (χ4n) is 4.31. The van der Waals surface area contributed by atoms with Crippen LogP contribution in [0.3, 0.4) is 0 Å². The lowest BCUT2D eigenvalue weighted by molar-refractivity contribution is -0.127. The van der Waals surface area contributed by atoms with Crippen molar-refractivity contribution in [1.82, 2.24) is 10.2 Å². The van der Waals surface area contributed by atoms with Crippen molar-refractivity contribution in [3.05, 3.63) is 0 Å².